The highest BCUT2D eigenvalue weighted by Gasteiger charge is 2.28. The van der Waals surface area contributed by atoms with Gasteiger partial charge in [-0.15, -0.1) is 0 Å². The standard InChI is InChI=1S/C76H92/c1-69(2,3)55-29-49(30-56(41-55)70(4,5)6)45-25-53-26-46(50-31-57(71(7,8)9)42-58(32-50)72(10,11)12)39-65-66-40-48(52-35-61(75(19,20)21)44-62(36-52)76(22,23)24)28-54-27-47(38-64(68(54)66)63(37-45)67(53)65)51-33-59(73(13,14)15)43-60(34-51)74(16,17)18/h25-44H,1-24H3. The Kier molecular flexibility index (Phi) is 13.0. The van der Waals surface area contributed by atoms with Crippen molar-refractivity contribution in [3.63, 3.8) is 0 Å². The maximum absolute atomic E-state index is 2.56. The predicted octanol–water partition coefficient (Wildman–Crippen LogP) is 22.8. The Labute approximate surface area is 460 Å². The Hall–Kier alpha value is -5.72. The fourth-order valence-corrected chi connectivity index (χ4v) is 11.2. The molecule has 0 saturated carbocycles. The molecule has 9 rings (SSSR count). The van der Waals surface area contributed by atoms with Gasteiger partial charge < -0.3 is 0 Å². The van der Waals surface area contributed by atoms with Gasteiger partial charge >= 0.3 is 0 Å². The second kappa shape index (κ2) is 17.9. The molecule has 0 aromatic heterocycles. The highest BCUT2D eigenvalue weighted by molar-refractivity contribution is 6.35. The molecule has 0 heteroatoms. The maximum Gasteiger partial charge on any atom is -0.00255 e. The van der Waals surface area contributed by atoms with E-state index >= 15 is 0 Å². The van der Waals surface area contributed by atoms with E-state index < -0.39 is 0 Å². The molecule has 0 aliphatic rings. The van der Waals surface area contributed by atoms with Crippen LogP contribution in [-0.2, 0) is 43.3 Å². The molecule has 0 aliphatic heterocycles. The highest BCUT2D eigenvalue weighted by Crippen LogP contribution is 2.49. The largest absolute Gasteiger partial charge is 0.0561 e. The van der Waals surface area contributed by atoms with Crippen LogP contribution in [0.3, 0.4) is 0 Å². The van der Waals surface area contributed by atoms with E-state index in [-0.39, 0.29) is 43.3 Å². The van der Waals surface area contributed by atoms with Crippen molar-refractivity contribution in [3.8, 4) is 44.5 Å². The van der Waals surface area contributed by atoms with Gasteiger partial charge in [-0.1, -0.05) is 239 Å². The van der Waals surface area contributed by atoms with Gasteiger partial charge in [0.1, 0.15) is 0 Å². The molecule has 0 radical (unpaired) electrons. The molecule has 0 amide bonds. The topological polar surface area (TPSA) is 0 Å². The smallest absolute Gasteiger partial charge is 0.00255 e. The molecule has 9 aromatic rings. The molecule has 0 fully saturated rings. The minimum absolute atomic E-state index is 0.0189. The molecule has 0 bridgehead atoms. The van der Waals surface area contributed by atoms with Crippen LogP contribution in [0, 0.1) is 0 Å². The average Bonchev–Trinajstić information content (AvgIpc) is 3.31. The zero-order valence-electron chi connectivity index (χ0n) is 51.5. The Bertz CT molecular complexity index is 3110. The van der Waals surface area contributed by atoms with E-state index in [1.54, 1.807) is 0 Å². The summed E-state index contributed by atoms with van der Waals surface area (Å²) in [5, 5.41) is 10.5. The van der Waals surface area contributed by atoms with E-state index in [0.29, 0.717) is 0 Å². The van der Waals surface area contributed by atoms with E-state index in [1.807, 2.05) is 0 Å². The van der Waals surface area contributed by atoms with Crippen LogP contribution < -0.4 is 0 Å². The maximum atomic E-state index is 2.56. The van der Waals surface area contributed by atoms with E-state index in [2.05, 4.69) is 287 Å². The van der Waals surface area contributed by atoms with Gasteiger partial charge in [0.15, 0.2) is 0 Å². The summed E-state index contributed by atoms with van der Waals surface area (Å²) < 4.78 is 0. The third-order valence-electron chi connectivity index (χ3n) is 16.7. The number of fused-ring (bicyclic) bond motifs is 2. The lowest BCUT2D eigenvalue weighted by atomic mass is 9.77. The van der Waals surface area contributed by atoms with Crippen LogP contribution in [0.4, 0.5) is 0 Å². The lowest BCUT2D eigenvalue weighted by Gasteiger charge is -2.27. The zero-order valence-corrected chi connectivity index (χ0v) is 51.5. The molecule has 0 heterocycles. The minimum atomic E-state index is -0.0189. The van der Waals surface area contributed by atoms with Crippen LogP contribution >= 0.6 is 0 Å². The molecule has 0 unspecified atom stereocenters. The molecule has 9 aromatic carbocycles. The van der Waals surface area contributed by atoms with Crippen molar-refractivity contribution < 1.29 is 0 Å². The van der Waals surface area contributed by atoms with Gasteiger partial charge in [0.2, 0.25) is 0 Å². The van der Waals surface area contributed by atoms with Gasteiger partial charge in [0, 0.05) is 0 Å². The summed E-state index contributed by atoms with van der Waals surface area (Å²) >= 11 is 0. The van der Waals surface area contributed by atoms with Crippen LogP contribution in [-0.4, -0.2) is 0 Å². The third kappa shape index (κ3) is 10.7. The SMILES string of the molecule is CC(C)(C)c1cc(-c2cc3cc(-c4cc(C(C)(C)C)cc(C(C)(C)C)c4)cc4c5cc(-c6cc(C(C)(C)C)cc(C(C)(C)C)c6)cc6cc(-c7cc(C(C)(C)C)cc(C(C)(C)C)c7)cc(c(c2)c34)c65)cc(C(C)(C)C)c1. The Balaban J connectivity index is 1.52. The summed E-state index contributed by atoms with van der Waals surface area (Å²) in [5.74, 6) is 0. The fraction of sp³-hybridized carbons (Fsp3) is 0.421. The van der Waals surface area contributed by atoms with E-state index in [0.717, 1.165) is 0 Å². The molecule has 0 N–H and O–H groups in total. The van der Waals surface area contributed by atoms with E-state index in [1.165, 1.54) is 132 Å². The van der Waals surface area contributed by atoms with Crippen LogP contribution in [0.1, 0.15) is 211 Å². The van der Waals surface area contributed by atoms with Crippen molar-refractivity contribution in [2.75, 3.05) is 0 Å². The molecule has 0 atom stereocenters. The Morgan fingerprint density at radius 2 is 0.289 bits per heavy atom. The predicted molar refractivity (Wildman–Crippen MR) is 339 cm³/mol. The molecular formula is C76H92. The van der Waals surface area contributed by atoms with Crippen molar-refractivity contribution in [1.82, 2.24) is 0 Å². The van der Waals surface area contributed by atoms with Crippen molar-refractivity contribution in [1.29, 1.82) is 0 Å². The molecule has 0 aliphatic carbocycles. The monoisotopic (exact) mass is 1000 g/mol. The van der Waals surface area contributed by atoms with Crippen molar-refractivity contribution in [2.24, 2.45) is 0 Å². The first-order valence-corrected chi connectivity index (χ1v) is 28.5. The minimum Gasteiger partial charge on any atom is -0.0561 e. The Morgan fingerprint density at radius 3 is 0.421 bits per heavy atom. The number of rotatable bonds is 4. The zero-order chi connectivity index (χ0) is 56.0. The summed E-state index contributed by atoms with van der Waals surface area (Å²) in [4.78, 5) is 0. The second-order valence-corrected chi connectivity index (χ2v) is 31.5. The number of hydrogen-bond donors (Lipinski definition) is 0. The Morgan fingerprint density at radius 1 is 0.158 bits per heavy atom. The van der Waals surface area contributed by atoms with E-state index in [4.69, 9.17) is 0 Å². The normalized spacial score (nSPS) is 13.8. The number of benzene rings is 9. The molecule has 76 heavy (non-hydrogen) atoms. The van der Waals surface area contributed by atoms with Crippen LogP contribution in [0.25, 0.3) is 87.6 Å². The summed E-state index contributed by atoms with van der Waals surface area (Å²) in [7, 11) is 0. The summed E-state index contributed by atoms with van der Waals surface area (Å²) in [6, 6.07) is 50.0. The van der Waals surface area contributed by atoms with Gasteiger partial charge in [-0.05, 0) is 224 Å². The lowest BCUT2D eigenvalue weighted by Crippen LogP contribution is -2.16. The van der Waals surface area contributed by atoms with Crippen molar-refractivity contribution >= 4 is 43.1 Å². The first-order valence-electron chi connectivity index (χ1n) is 28.5. The molecule has 0 nitrogen and oxygen atoms in total. The van der Waals surface area contributed by atoms with E-state index in [9.17, 15) is 0 Å². The van der Waals surface area contributed by atoms with Gasteiger partial charge in [-0.3, -0.25) is 0 Å². The van der Waals surface area contributed by atoms with Gasteiger partial charge in [-0.25, -0.2) is 0 Å². The fourth-order valence-electron chi connectivity index (χ4n) is 11.2. The lowest BCUT2D eigenvalue weighted by molar-refractivity contribution is 0.568. The first-order chi connectivity index (χ1) is 34.6. The van der Waals surface area contributed by atoms with Crippen LogP contribution in [0.2, 0.25) is 0 Å². The number of hydrogen-bond acceptors (Lipinski definition) is 0. The summed E-state index contributed by atoms with van der Waals surface area (Å²) in [6.07, 6.45) is 0. The van der Waals surface area contributed by atoms with Crippen molar-refractivity contribution in [2.45, 2.75) is 209 Å². The van der Waals surface area contributed by atoms with Crippen LogP contribution in [0.15, 0.2) is 121 Å². The summed E-state index contributed by atoms with van der Waals surface area (Å²) in [6.45, 7) is 56.6. The first kappa shape index (κ1) is 55.0. The molecule has 0 saturated heterocycles. The molecule has 0 spiro atoms. The van der Waals surface area contributed by atoms with Gasteiger partial charge in [-0.2, -0.15) is 0 Å². The van der Waals surface area contributed by atoms with Crippen LogP contribution in [0.5, 0.6) is 0 Å². The second-order valence-electron chi connectivity index (χ2n) is 31.5. The van der Waals surface area contributed by atoms with Crippen molar-refractivity contribution in [3.05, 3.63) is 166 Å². The summed E-state index contributed by atoms with van der Waals surface area (Å²) in [5.41, 5.74) is 21.0. The third-order valence-corrected chi connectivity index (χ3v) is 16.7. The highest BCUT2D eigenvalue weighted by atomic mass is 14.3. The molecular weight excluding hydrogens is 913 g/mol. The quantitative estimate of drug-likeness (QED) is 0.122. The van der Waals surface area contributed by atoms with Gasteiger partial charge in [0.05, 0.1) is 0 Å². The molecule has 396 valence electrons. The average molecular weight is 1010 g/mol. The van der Waals surface area contributed by atoms with Gasteiger partial charge in [0.25, 0.3) is 0 Å².